The van der Waals surface area contributed by atoms with E-state index in [0.717, 1.165) is 5.56 Å². The summed E-state index contributed by atoms with van der Waals surface area (Å²) in [5, 5.41) is 0.494. The van der Waals surface area contributed by atoms with Gasteiger partial charge in [0.25, 0.3) is 10.0 Å². The van der Waals surface area contributed by atoms with Crippen LogP contribution < -0.4 is 4.72 Å². The van der Waals surface area contributed by atoms with Crippen LogP contribution >= 0.6 is 11.6 Å². The number of hydrogen-bond donors (Lipinski definition) is 1. The molecule has 0 aliphatic heterocycles. The number of hydrogen-bond acceptors (Lipinski definition) is 2. The van der Waals surface area contributed by atoms with E-state index >= 15 is 0 Å². The molecule has 2 aromatic rings. The van der Waals surface area contributed by atoms with Crippen molar-refractivity contribution in [2.75, 3.05) is 4.72 Å². The van der Waals surface area contributed by atoms with Gasteiger partial charge in [-0.1, -0.05) is 35.9 Å². The Bertz CT molecular complexity index is 711. The number of nitrogens with one attached hydrogen (secondary N) is 1. The van der Waals surface area contributed by atoms with Crippen molar-refractivity contribution in [3.05, 3.63) is 58.6 Å². The summed E-state index contributed by atoms with van der Waals surface area (Å²) in [4.78, 5) is 0.273. The molecule has 3 nitrogen and oxygen atoms in total. The van der Waals surface area contributed by atoms with E-state index in [0.29, 0.717) is 16.3 Å². The van der Waals surface area contributed by atoms with E-state index in [9.17, 15) is 8.42 Å². The normalized spacial score (nSPS) is 11.3. The molecule has 0 spiro atoms. The van der Waals surface area contributed by atoms with Crippen LogP contribution in [0.2, 0.25) is 5.02 Å². The SMILES string of the molecule is Cc1ccc(Cl)cc1NS(=O)(=O)c1ccccc1C. The third-order valence-electron chi connectivity index (χ3n) is 2.83. The topological polar surface area (TPSA) is 46.2 Å². The average molecular weight is 296 g/mol. The predicted molar refractivity (Wildman–Crippen MR) is 78.2 cm³/mol. The van der Waals surface area contributed by atoms with Crippen LogP contribution in [0.1, 0.15) is 11.1 Å². The van der Waals surface area contributed by atoms with Gasteiger partial charge in [-0.05, 0) is 43.2 Å². The number of aryl methyl sites for hydroxylation is 2. The Labute approximate surface area is 118 Å². The monoisotopic (exact) mass is 295 g/mol. The summed E-state index contributed by atoms with van der Waals surface area (Å²) in [5.41, 5.74) is 2.02. The highest BCUT2D eigenvalue weighted by Crippen LogP contribution is 2.24. The van der Waals surface area contributed by atoms with Crippen molar-refractivity contribution in [1.29, 1.82) is 0 Å². The van der Waals surface area contributed by atoms with Crippen LogP contribution in [-0.4, -0.2) is 8.42 Å². The van der Waals surface area contributed by atoms with Crippen LogP contribution in [0.4, 0.5) is 5.69 Å². The molecule has 0 amide bonds. The van der Waals surface area contributed by atoms with Gasteiger partial charge in [0.15, 0.2) is 0 Å². The Kier molecular flexibility index (Phi) is 3.83. The molecule has 0 saturated carbocycles. The number of rotatable bonds is 3. The first-order chi connectivity index (χ1) is 8.90. The van der Waals surface area contributed by atoms with Gasteiger partial charge in [0.2, 0.25) is 0 Å². The zero-order chi connectivity index (χ0) is 14.0. The highest BCUT2D eigenvalue weighted by Gasteiger charge is 2.17. The quantitative estimate of drug-likeness (QED) is 0.937. The highest BCUT2D eigenvalue weighted by molar-refractivity contribution is 7.92. The molecule has 0 bridgehead atoms. The van der Waals surface area contributed by atoms with Crippen LogP contribution in [-0.2, 0) is 10.0 Å². The van der Waals surface area contributed by atoms with E-state index in [1.165, 1.54) is 0 Å². The molecule has 0 aliphatic rings. The molecular weight excluding hydrogens is 282 g/mol. The molecule has 2 rings (SSSR count). The van der Waals surface area contributed by atoms with Gasteiger partial charge >= 0.3 is 0 Å². The molecular formula is C14H14ClNO2S. The number of anilines is 1. The number of sulfonamides is 1. The Balaban J connectivity index is 2.43. The second-order valence-corrected chi connectivity index (χ2v) is 6.42. The lowest BCUT2D eigenvalue weighted by molar-refractivity contribution is 0.600. The van der Waals surface area contributed by atoms with E-state index in [-0.39, 0.29) is 4.90 Å². The molecule has 0 saturated heterocycles. The van der Waals surface area contributed by atoms with Crippen LogP contribution in [0.3, 0.4) is 0 Å². The van der Waals surface area contributed by atoms with Gasteiger partial charge in [-0.2, -0.15) is 0 Å². The Hall–Kier alpha value is -1.52. The first kappa shape index (κ1) is 13.9. The fourth-order valence-electron chi connectivity index (χ4n) is 1.76. The van der Waals surface area contributed by atoms with E-state index in [2.05, 4.69) is 4.72 Å². The highest BCUT2D eigenvalue weighted by atomic mass is 35.5. The van der Waals surface area contributed by atoms with Crippen LogP contribution in [0.25, 0.3) is 0 Å². The number of halogens is 1. The zero-order valence-corrected chi connectivity index (χ0v) is 12.2. The van der Waals surface area contributed by atoms with Crippen molar-refractivity contribution < 1.29 is 8.42 Å². The largest absolute Gasteiger partial charge is 0.279 e. The summed E-state index contributed by atoms with van der Waals surface area (Å²) >= 11 is 5.89. The van der Waals surface area contributed by atoms with Gasteiger partial charge in [-0.15, -0.1) is 0 Å². The smallest absolute Gasteiger partial charge is 0.262 e. The van der Waals surface area contributed by atoms with Crippen molar-refractivity contribution >= 4 is 27.3 Å². The first-order valence-electron chi connectivity index (χ1n) is 5.75. The van der Waals surface area contributed by atoms with Crippen LogP contribution in [0.5, 0.6) is 0 Å². The minimum Gasteiger partial charge on any atom is -0.279 e. The molecule has 0 radical (unpaired) electrons. The van der Waals surface area contributed by atoms with Gasteiger partial charge in [0, 0.05) is 5.02 Å². The standard InChI is InChI=1S/C14H14ClNO2S/c1-10-7-8-12(15)9-13(10)16-19(17,18)14-6-4-3-5-11(14)2/h3-9,16H,1-2H3. The molecule has 0 fully saturated rings. The maximum atomic E-state index is 12.3. The van der Waals surface area contributed by atoms with E-state index in [1.54, 1.807) is 49.4 Å². The summed E-state index contributed by atoms with van der Waals surface area (Å²) in [6.07, 6.45) is 0. The second-order valence-electron chi connectivity index (χ2n) is 4.33. The molecule has 0 heterocycles. The fraction of sp³-hybridized carbons (Fsp3) is 0.143. The van der Waals surface area contributed by atoms with Gasteiger partial charge in [-0.3, -0.25) is 4.72 Å². The minimum absolute atomic E-state index is 0.273. The van der Waals surface area contributed by atoms with E-state index in [4.69, 9.17) is 11.6 Å². The molecule has 19 heavy (non-hydrogen) atoms. The van der Waals surface area contributed by atoms with Crippen molar-refractivity contribution in [2.24, 2.45) is 0 Å². The summed E-state index contributed by atoms with van der Waals surface area (Å²) < 4.78 is 27.2. The van der Waals surface area contributed by atoms with Gasteiger partial charge in [0.05, 0.1) is 10.6 Å². The summed E-state index contributed by atoms with van der Waals surface area (Å²) in [6.45, 7) is 3.59. The van der Waals surface area contributed by atoms with E-state index in [1.807, 2.05) is 6.92 Å². The van der Waals surface area contributed by atoms with Crippen LogP contribution in [0, 0.1) is 13.8 Å². The summed E-state index contributed by atoms with van der Waals surface area (Å²) in [7, 11) is -3.59. The molecule has 0 aromatic heterocycles. The molecule has 5 heteroatoms. The molecule has 100 valence electrons. The second kappa shape index (κ2) is 5.23. The third-order valence-corrected chi connectivity index (χ3v) is 4.59. The van der Waals surface area contributed by atoms with E-state index < -0.39 is 10.0 Å². The molecule has 1 N–H and O–H groups in total. The fourth-order valence-corrected chi connectivity index (χ4v) is 3.30. The van der Waals surface area contributed by atoms with Crippen molar-refractivity contribution in [3.8, 4) is 0 Å². The maximum Gasteiger partial charge on any atom is 0.262 e. The molecule has 0 unspecified atom stereocenters. The number of benzene rings is 2. The lowest BCUT2D eigenvalue weighted by atomic mass is 10.2. The van der Waals surface area contributed by atoms with Crippen molar-refractivity contribution in [2.45, 2.75) is 18.7 Å². The summed E-state index contributed by atoms with van der Waals surface area (Å²) in [5.74, 6) is 0. The van der Waals surface area contributed by atoms with Crippen molar-refractivity contribution in [1.82, 2.24) is 0 Å². The predicted octanol–water partition coefficient (Wildman–Crippen LogP) is 3.76. The molecule has 0 aliphatic carbocycles. The molecule has 2 aromatic carbocycles. The zero-order valence-electron chi connectivity index (χ0n) is 10.6. The lowest BCUT2D eigenvalue weighted by Gasteiger charge is -2.12. The average Bonchev–Trinajstić information content (AvgIpc) is 2.34. The van der Waals surface area contributed by atoms with Gasteiger partial charge in [0.1, 0.15) is 0 Å². The third kappa shape index (κ3) is 3.08. The van der Waals surface area contributed by atoms with Gasteiger partial charge < -0.3 is 0 Å². The minimum atomic E-state index is -3.59. The van der Waals surface area contributed by atoms with Crippen LogP contribution in [0.15, 0.2) is 47.4 Å². The Morgan fingerprint density at radius 3 is 2.37 bits per heavy atom. The Morgan fingerprint density at radius 2 is 1.68 bits per heavy atom. The Morgan fingerprint density at radius 1 is 1.00 bits per heavy atom. The first-order valence-corrected chi connectivity index (χ1v) is 7.61. The molecule has 0 atom stereocenters. The maximum absolute atomic E-state index is 12.3. The van der Waals surface area contributed by atoms with Crippen molar-refractivity contribution in [3.63, 3.8) is 0 Å². The summed E-state index contributed by atoms with van der Waals surface area (Å²) in [6, 6.07) is 12.0. The van der Waals surface area contributed by atoms with Gasteiger partial charge in [-0.25, -0.2) is 8.42 Å². The lowest BCUT2D eigenvalue weighted by Crippen LogP contribution is -2.14.